The van der Waals surface area contributed by atoms with E-state index < -0.39 is 18.0 Å². The Labute approximate surface area is 137 Å². The first-order valence-corrected chi connectivity index (χ1v) is 7.75. The van der Waals surface area contributed by atoms with Crippen molar-refractivity contribution in [3.8, 4) is 5.75 Å². The molecule has 1 rings (SSSR count). The summed E-state index contributed by atoms with van der Waals surface area (Å²) in [5.74, 6) is -0.351. The Morgan fingerprint density at radius 3 is 2.35 bits per heavy atom. The fourth-order valence-electron chi connectivity index (χ4n) is 1.91. The van der Waals surface area contributed by atoms with Crippen LogP contribution >= 0.6 is 0 Å². The highest BCUT2D eigenvalue weighted by Gasteiger charge is 2.24. The van der Waals surface area contributed by atoms with Crippen LogP contribution in [0, 0.1) is 0 Å². The summed E-state index contributed by atoms with van der Waals surface area (Å²) < 4.78 is 15.7. The Morgan fingerprint density at radius 1 is 1.17 bits per heavy atom. The predicted octanol–water partition coefficient (Wildman–Crippen LogP) is 3.59. The number of rotatable bonds is 9. The van der Waals surface area contributed by atoms with Crippen molar-refractivity contribution < 1.29 is 23.8 Å². The number of carbonyl (C=O) groups excluding carboxylic acids is 2. The normalized spacial score (nSPS) is 11.4. The molecule has 0 bridgehead atoms. The number of esters is 2. The molecular formula is C18H24O5. The predicted molar refractivity (Wildman–Crippen MR) is 87.1 cm³/mol. The minimum absolute atomic E-state index is 0.0849. The highest BCUT2D eigenvalue weighted by Crippen LogP contribution is 2.27. The van der Waals surface area contributed by atoms with Gasteiger partial charge >= 0.3 is 11.9 Å². The van der Waals surface area contributed by atoms with Crippen LogP contribution < -0.4 is 4.74 Å². The van der Waals surface area contributed by atoms with Gasteiger partial charge in [-0.15, -0.1) is 0 Å². The zero-order valence-corrected chi connectivity index (χ0v) is 14.0. The number of ether oxygens (including phenoxy) is 3. The number of benzene rings is 1. The SMILES string of the molecule is C=C(C(=O)OCC)C(OC(C)=O)c1ccc(OCCCC)cc1. The molecule has 1 aromatic carbocycles. The van der Waals surface area contributed by atoms with Gasteiger partial charge in [0.1, 0.15) is 5.75 Å². The van der Waals surface area contributed by atoms with Gasteiger partial charge in [-0.2, -0.15) is 0 Å². The van der Waals surface area contributed by atoms with Crippen molar-refractivity contribution in [2.75, 3.05) is 13.2 Å². The molecule has 1 unspecified atom stereocenters. The molecule has 5 nitrogen and oxygen atoms in total. The minimum atomic E-state index is -0.865. The van der Waals surface area contributed by atoms with E-state index in [0.717, 1.165) is 18.6 Å². The maximum atomic E-state index is 11.8. The molecule has 5 heteroatoms. The van der Waals surface area contributed by atoms with Crippen LogP contribution in [0.2, 0.25) is 0 Å². The second-order valence-corrected chi connectivity index (χ2v) is 5.01. The average Bonchev–Trinajstić information content (AvgIpc) is 2.53. The van der Waals surface area contributed by atoms with Crippen LogP contribution in [-0.2, 0) is 19.1 Å². The third kappa shape index (κ3) is 6.14. The second-order valence-electron chi connectivity index (χ2n) is 5.01. The number of hydrogen-bond donors (Lipinski definition) is 0. The van der Waals surface area contributed by atoms with Crippen LogP contribution in [0.3, 0.4) is 0 Å². The zero-order valence-electron chi connectivity index (χ0n) is 14.0. The summed E-state index contributed by atoms with van der Waals surface area (Å²) in [6.45, 7) is 9.67. The highest BCUT2D eigenvalue weighted by atomic mass is 16.6. The van der Waals surface area contributed by atoms with Crippen LogP contribution in [0.25, 0.3) is 0 Å². The van der Waals surface area contributed by atoms with Gasteiger partial charge in [0.05, 0.1) is 18.8 Å². The number of carbonyl (C=O) groups is 2. The smallest absolute Gasteiger partial charge is 0.337 e. The molecule has 0 spiro atoms. The van der Waals surface area contributed by atoms with E-state index in [1.165, 1.54) is 6.92 Å². The maximum Gasteiger partial charge on any atom is 0.337 e. The molecule has 0 aliphatic carbocycles. The van der Waals surface area contributed by atoms with E-state index in [2.05, 4.69) is 13.5 Å². The molecule has 0 saturated carbocycles. The first-order chi connectivity index (χ1) is 11.0. The second kappa shape index (κ2) is 9.66. The van der Waals surface area contributed by atoms with Crippen molar-refractivity contribution in [1.82, 2.24) is 0 Å². The fraction of sp³-hybridized carbons (Fsp3) is 0.444. The van der Waals surface area contributed by atoms with E-state index in [0.29, 0.717) is 12.2 Å². The van der Waals surface area contributed by atoms with Crippen molar-refractivity contribution in [2.45, 2.75) is 39.7 Å². The van der Waals surface area contributed by atoms with Crippen molar-refractivity contribution in [3.05, 3.63) is 42.0 Å². The molecular weight excluding hydrogens is 296 g/mol. The molecule has 0 amide bonds. The Balaban J connectivity index is 2.87. The standard InChI is InChI=1S/C18H24O5/c1-5-7-12-22-16-10-8-15(9-11-16)17(23-14(4)19)13(3)18(20)21-6-2/h8-11,17H,3,5-7,12H2,1-2,4H3. The fourth-order valence-corrected chi connectivity index (χ4v) is 1.91. The lowest BCUT2D eigenvalue weighted by molar-refractivity contribution is -0.147. The van der Waals surface area contributed by atoms with E-state index >= 15 is 0 Å². The zero-order chi connectivity index (χ0) is 17.2. The molecule has 1 atom stereocenters. The Morgan fingerprint density at radius 2 is 1.83 bits per heavy atom. The number of unbranched alkanes of at least 4 members (excludes halogenated alkanes) is 1. The maximum absolute atomic E-state index is 11.8. The van der Waals surface area contributed by atoms with Crippen LogP contribution in [0.15, 0.2) is 36.4 Å². The Kier molecular flexibility index (Phi) is 7.88. The van der Waals surface area contributed by atoms with Crippen LogP contribution in [0.1, 0.15) is 45.3 Å². The van der Waals surface area contributed by atoms with Crippen LogP contribution in [0.5, 0.6) is 5.75 Å². The third-order valence-electron chi connectivity index (χ3n) is 3.09. The van der Waals surface area contributed by atoms with Crippen LogP contribution in [0.4, 0.5) is 0 Å². The Hall–Kier alpha value is -2.30. The summed E-state index contributed by atoms with van der Waals surface area (Å²) in [5.41, 5.74) is 0.725. The molecule has 0 radical (unpaired) electrons. The lowest BCUT2D eigenvalue weighted by atomic mass is 10.0. The lowest BCUT2D eigenvalue weighted by Crippen LogP contribution is -2.18. The molecule has 0 N–H and O–H groups in total. The van der Waals surface area contributed by atoms with Crippen molar-refractivity contribution in [2.24, 2.45) is 0 Å². The van der Waals surface area contributed by atoms with Gasteiger partial charge in [0.2, 0.25) is 0 Å². The van der Waals surface area contributed by atoms with E-state index in [1.54, 1.807) is 31.2 Å². The first kappa shape index (κ1) is 18.7. The average molecular weight is 320 g/mol. The summed E-state index contributed by atoms with van der Waals surface area (Å²) in [4.78, 5) is 23.2. The van der Waals surface area contributed by atoms with E-state index in [4.69, 9.17) is 14.2 Å². The molecule has 0 saturated heterocycles. The summed E-state index contributed by atoms with van der Waals surface area (Å²) in [7, 11) is 0. The first-order valence-electron chi connectivity index (χ1n) is 7.75. The van der Waals surface area contributed by atoms with Gasteiger partial charge in [-0.3, -0.25) is 4.79 Å². The summed E-state index contributed by atoms with van der Waals surface area (Å²) in [5, 5.41) is 0. The van der Waals surface area contributed by atoms with Crippen LogP contribution in [-0.4, -0.2) is 25.2 Å². The minimum Gasteiger partial charge on any atom is -0.494 e. The number of hydrogen-bond acceptors (Lipinski definition) is 5. The van der Waals surface area contributed by atoms with Gasteiger partial charge in [-0.1, -0.05) is 32.1 Å². The molecule has 0 aliphatic rings. The van der Waals surface area contributed by atoms with Gasteiger partial charge in [0.15, 0.2) is 6.10 Å². The molecule has 0 aromatic heterocycles. The molecule has 23 heavy (non-hydrogen) atoms. The van der Waals surface area contributed by atoms with Gasteiger partial charge in [-0.05, 0) is 31.0 Å². The summed E-state index contributed by atoms with van der Waals surface area (Å²) in [6, 6.07) is 7.05. The monoisotopic (exact) mass is 320 g/mol. The molecule has 0 fully saturated rings. The molecule has 0 aliphatic heterocycles. The van der Waals surface area contributed by atoms with Crippen molar-refractivity contribution in [3.63, 3.8) is 0 Å². The van der Waals surface area contributed by atoms with Gasteiger partial charge in [0, 0.05) is 6.92 Å². The van der Waals surface area contributed by atoms with E-state index in [1.807, 2.05) is 0 Å². The van der Waals surface area contributed by atoms with Gasteiger partial charge in [-0.25, -0.2) is 4.79 Å². The van der Waals surface area contributed by atoms with E-state index in [9.17, 15) is 9.59 Å². The summed E-state index contributed by atoms with van der Waals surface area (Å²) in [6.07, 6.45) is 1.18. The van der Waals surface area contributed by atoms with Gasteiger partial charge in [0.25, 0.3) is 0 Å². The van der Waals surface area contributed by atoms with Gasteiger partial charge < -0.3 is 14.2 Å². The Bertz CT molecular complexity index is 533. The highest BCUT2D eigenvalue weighted by molar-refractivity contribution is 5.89. The van der Waals surface area contributed by atoms with E-state index in [-0.39, 0.29) is 12.2 Å². The largest absolute Gasteiger partial charge is 0.494 e. The molecule has 0 heterocycles. The summed E-state index contributed by atoms with van der Waals surface area (Å²) >= 11 is 0. The third-order valence-corrected chi connectivity index (χ3v) is 3.09. The van der Waals surface area contributed by atoms with Crippen molar-refractivity contribution in [1.29, 1.82) is 0 Å². The topological polar surface area (TPSA) is 61.8 Å². The van der Waals surface area contributed by atoms with Crippen molar-refractivity contribution >= 4 is 11.9 Å². The quantitative estimate of drug-likeness (QED) is 0.395. The molecule has 126 valence electrons. The lowest BCUT2D eigenvalue weighted by Gasteiger charge is -2.19. The molecule has 1 aromatic rings.